The molecule has 0 unspecified atom stereocenters. The molecule has 0 saturated carbocycles. The minimum Gasteiger partial charge on any atom is -0.480 e. The lowest BCUT2D eigenvalue weighted by Gasteiger charge is -2.35. The van der Waals surface area contributed by atoms with Crippen LogP contribution in [-0.2, 0) is 22.4 Å². The molecule has 2 atom stereocenters. The summed E-state index contributed by atoms with van der Waals surface area (Å²) in [5.74, 6) is -4.94. The van der Waals surface area contributed by atoms with Crippen molar-refractivity contribution in [3.8, 4) is 46.0 Å². The number of hydrogen-bond acceptors (Lipinski definition) is 10. The smallest absolute Gasteiger partial charge is 0.327 e. The van der Waals surface area contributed by atoms with Crippen LogP contribution in [0.2, 0.25) is 0 Å². The molecule has 2 N–H and O–H groups in total. The number of imide groups is 2. The van der Waals surface area contributed by atoms with E-state index in [4.69, 9.17) is 18.9 Å². The van der Waals surface area contributed by atoms with Crippen LogP contribution >= 0.6 is 0 Å². The maximum absolute atomic E-state index is 15.7. The van der Waals surface area contributed by atoms with E-state index in [1.54, 1.807) is 109 Å². The summed E-state index contributed by atoms with van der Waals surface area (Å²) in [6, 6.07) is 48.9. The van der Waals surface area contributed by atoms with E-state index in [1.807, 2.05) is 76.2 Å². The second-order valence-electron chi connectivity index (χ2n) is 21.4. The van der Waals surface area contributed by atoms with Crippen LogP contribution in [0.4, 0.5) is 0 Å². The Morgan fingerprint density at radius 1 is 0.345 bits per heavy atom. The van der Waals surface area contributed by atoms with E-state index in [0.29, 0.717) is 34.1 Å². The molecule has 11 aromatic carbocycles. The molecular formula is C70H50N2O12. The Hall–Kier alpha value is -10.9. The molecule has 4 amide bonds. The van der Waals surface area contributed by atoms with Crippen LogP contribution < -0.4 is 18.9 Å². The van der Waals surface area contributed by atoms with Gasteiger partial charge in [-0.1, -0.05) is 131 Å². The van der Waals surface area contributed by atoms with Crippen LogP contribution in [0.25, 0.3) is 43.1 Å². The highest BCUT2D eigenvalue weighted by Gasteiger charge is 2.46. The number of amides is 4. The van der Waals surface area contributed by atoms with Crippen LogP contribution in [0, 0.1) is 27.7 Å². The summed E-state index contributed by atoms with van der Waals surface area (Å²) in [4.78, 5) is 91.4. The highest BCUT2D eigenvalue weighted by molar-refractivity contribution is 6.45. The predicted octanol–water partition coefficient (Wildman–Crippen LogP) is 14.7. The molecule has 0 spiro atoms. The van der Waals surface area contributed by atoms with Gasteiger partial charge in [-0.15, -0.1) is 0 Å². The van der Waals surface area contributed by atoms with Gasteiger partial charge in [-0.2, -0.15) is 0 Å². The second-order valence-corrected chi connectivity index (χ2v) is 21.4. The fourth-order valence-electron chi connectivity index (χ4n) is 11.6. The molecule has 0 saturated heterocycles. The Labute approximate surface area is 480 Å². The first kappa shape index (κ1) is 52.5. The molecule has 412 valence electrons. The van der Waals surface area contributed by atoms with Crippen molar-refractivity contribution in [2.45, 2.75) is 52.6 Å². The summed E-state index contributed by atoms with van der Waals surface area (Å²) >= 11 is 0. The third-order valence-electron chi connectivity index (χ3n) is 15.7. The highest BCUT2D eigenvalue weighted by Crippen LogP contribution is 2.58. The van der Waals surface area contributed by atoms with Crippen LogP contribution in [0.15, 0.2) is 182 Å². The van der Waals surface area contributed by atoms with Gasteiger partial charge in [0.15, 0.2) is 0 Å². The van der Waals surface area contributed by atoms with Gasteiger partial charge in [0.25, 0.3) is 23.6 Å². The number of carboxylic acids is 2. The lowest BCUT2D eigenvalue weighted by Crippen LogP contribution is -2.51. The first-order chi connectivity index (χ1) is 40.6. The van der Waals surface area contributed by atoms with Gasteiger partial charge in [-0.3, -0.25) is 29.0 Å². The van der Waals surface area contributed by atoms with Crippen molar-refractivity contribution in [1.29, 1.82) is 0 Å². The van der Waals surface area contributed by atoms with Crippen molar-refractivity contribution in [2.75, 3.05) is 0 Å². The first-order valence-corrected chi connectivity index (χ1v) is 27.2. The quantitative estimate of drug-likeness (QED) is 0.0530. The number of nitrogens with zero attached hydrogens (tertiary/aromatic N) is 2. The maximum Gasteiger partial charge on any atom is 0.327 e. The molecule has 2 heterocycles. The highest BCUT2D eigenvalue weighted by atomic mass is 16.5. The van der Waals surface area contributed by atoms with Gasteiger partial charge in [0, 0.05) is 55.9 Å². The molecule has 2 aliphatic heterocycles. The third-order valence-corrected chi connectivity index (χ3v) is 15.7. The number of benzene rings is 11. The zero-order valence-corrected chi connectivity index (χ0v) is 45.8. The molecule has 0 aromatic heterocycles. The van der Waals surface area contributed by atoms with Crippen molar-refractivity contribution in [2.24, 2.45) is 0 Å². The zero-order valence-electron chi connectivity index (χ0n) is 45.8. The minimum absolute atomic E-state index is 0.0450. The number of carbonyl (C=O) groups is 6. The Morgan fingerprint density at radius 2 is 0.583 bits per heavy atom. The van der Waals surface area contributed by atoms with E-state index in [0.717, 1.165) is 32.1 Å². The number of aliphatic carboxylic acids is 2. The predicted molar refractivity (Wildman–Crippen MR) is 317 cm³/mol. The standard InChI is InChI=1S/C70H50N2O12/c1-37-15-23-43(24-16-37)81-53-33-47-57-48(66(74)71(65(47)73)51(69(77)78)31-41-11-7-5-8-12-41)35-55(83-45-27-19-39(3)20-28-45)61-62-56(84-46-29-21-40(4)22-30-46)36-50-58-49(67(75)72(68(50)76)52(70(79)80)32-42-13-9-6-10-14-42)34-54(60(64(58)62)59(53)63(57)61)82-44-25-17-38(2)18-26-44/h5-30,33-36,51-52H,31-32H2,1-4H3,(H,77,78)(H,79,80)/t51-,52-/m1/s1. The normalized spacial score (nSPS) is 13.7. The van der Waals surface area contributed by atoms with Crippen LogP contribution in [0.1, 0.15) is 74.8 Å². The van der Waals surface area contributed by atoms with Crippen molar-refractivity contribution < 1.29 is 57.9 Å². The SMILES string of the molecule is Cc1ccc(Oc2cc3c4c(cc(Oc5ccc(C)cc5)c5c6c(Oc7ccc(C)cc7)cc7c8c(cc(Oc9ccc(C)cc9)c(c2c45)c86)C(=O)N([C@H](Cc2ccccc2)C(=O)O)C7=O)C(=O)N([C@H](Cc2ccccc2)C(=O)O)C3=O)cc1. The molecule has 13 rings (SSSR count). The van der Waals surface area contributed by atoms with Gasteiger partial charge in [-0.25, -0.2) is 9.59 Å². The largest absolute Gasteiger partial charge is 0.480 e. The number of ether oxygens (including phenoxy) is 4. The Morgan fingerprint density at radius 3 is 0.810 bits per heavy atom. The Kier molecular flexibility index (Phi) is 12.9. The first-order valence-electron chi connectivity index (χ1n) is 27.2. The van der Waals surface area contributed by atoms with E-state index in [-0.39, 0.29) is 101 Å². The molecule has 2 aliphatic rings. The Bertz CT molecular complexity index is 4030. The van der Waals surface area contributed by atoms with Gasteiger partial charge in [-0.05, 0) is 112 Å². The second kappa shape index (κ2) is 20.6. The van der Waals surface area contributed by atoms with Crippen molar-refractivity contribution in [3.63, 3.8) is 0 Å². The average Bonchev–Trinajstić information content (AvgIpc) is 0.719. The molecule has 11 aromatic rings. The third kappa shape index (κ3) is 9.01. The fourth-order valence-corrected chi connectivity index (χ4v) is 11.6. The summed E-state index contributed by atoms with van der Waals surface area (Å²) in [7, 11) is 0. The molecule has 14 heteroatoms. The minimum atomic E-state index is -1.67. The van der Waals surface area contributed by atoms with Crippen LogP contribution in [-0.4, -0.2) is 67.7 Å². The van der Waals surface area contributed by atoms with E-state index >= 15 is 19.2 Å². The molecule has 0 aliphatic carbocycles. The summed E-state index contributed by atoms with van der Waals surface area (Å²) < 4.78 is 28.1. The zero-order chi connectivity index (χ0) is 58.2. The Balaban J connectivity index is 1.22. The number of carbonyl (C=O) groups excluding carboxylic acids is 4. The lowest BCUT2D eigenvalue weighted by atomic mass is 9.80. The number of carboxylic acid groups (broad SMARTS) is 2. The molecule has 0 bridgehead atoms. The summed E-state index contributed by atoms with van der Waals surface area (Å²) in [6.07, 6.45) is -0.426. The summed E-state index contributed by atoms with van der Waals surface area (Å²) in [5, 5.41) is 23.8. The van der Waals surface area contributed by atoms with Crippen molar-refractivity contribution in [3.05, 3.63) is 238 Å². The monoisotopic (exact) mass is 1110 g/mol. The lowest BCUT2D eigenvalue weighted by molar-refractivity contribution is -0.142. The van der Waals surface area contributed by atoms with Gasteiger partial charge in [0.1, 0.15) is 58.1 Å². The van der Waals surface area contributed by atoms with Gasteiger partial charge >= 0.3 is 11.9 Å². The fraction of sp³-hybridized carbons (Fsp3) is 0.114. The van der Waals surface area contributed by atoms with Crippen molar-refractivity contribution >= 4 is 78.7 Å². The van der Waals surface area contributed by atoms with Gasteiger partial charge < -0.3 is 29.2 Å². The summed E-state index contributed by atoms with van der Waals surface area (Å²) in [6.45, 7) is 7.67. The van der Waals surface area contributed by atoms with E-state index in [2.05, 4.69) is 0 Å². The topological polar surface area (TPSA) is 186 Å². The average molecular weight is 1110 g/mol. The maximum atomic E-state index is 15.7. The molecule has 84 heavy (non-hydrogen) atoms. The van der Waals surface area contributed by atoms with E-state index in [1.165, 1.54) is 24.3 Å². The number of rotatable bonds is 16. The van der Waals surface area contributed by atoms with E-state index in [9.17, 15) is 19.8 Å². The molecule has 0 fully saturated rings. The number of hydrogen-bond donors (Lipinski definition) is 2. The summed E-state index contributed by atoms with van der Waals surface area (Å²) in [5.41, 5.74) is 4.56. The van der Waals surface area contributed by atoms with E-state index < -0.39 is 47.7 Å². The molecular weight excluding hydrogens is 1060 g/mol. The van der Waals surface area contributed by atoms with Gasteiger partial charge in [0.2, 0.25) is 0 Å². The van der Waals surface area contributed by atoms with Crippen LogP contribution in [0.3, 0.4) is 0 Å². The molecule has 0 radical (unpaired) electrons. The van der Waals surface area contributed by atoms with Gasteiger partial charge in [0.05, 0.1) is 22.3 Å². The molecule has 14 nitrogen and oxygen atoms in total. The van der Waals surface area contributed by atoms with Crippen LogP contribution in [0.5, 0.6) is 46.0 Å². The van der Waals surface area contributed by atoms with Crippen molar-refractivity contribution in [1.82, 2.24) is 9.80 Å². The number of fused-ring (bicyclic) bond motifs is 2. The number of aryl methyl sites for hydroxylation is 4.